The van der Waals surface area contributed by atoms with Crippen molar-refractivity contribution >= 4 is 5.91 Å². The van der Waals surface area contributed by atoms with Gasteiger partial charge in [-0.2, -0.15) is 0 Å². The van der Waals surface area contributed by atoms with Crippen molar-refractivity contribution in [1.82, 2.24) is 19.9 Å². The van der Waals surface area contributed by atoms with Crippen molar-refractivity contribution in [2.45, 2.75) is 38.3 Å². The van der Waals surface area contributed by atoms with E-state index in [9.17, 15) is 4.79 Å². The lowest BCUT2D eigenvalue weighted by molar-refractivity contribution is 0.0911. The van der Waals surface area contributed by atoms with E-state index in [-0.39, 0.29) is 18.0 Å². The summed E-state index contributed by atoms with van der Waals surface area (Å²) in [6.07, 6.45) is 9.42. The number of aryl methyl sites for hydroxylation is 2. The van der Waals surface area contributed by atoms with Gasteiger partial charge < -0.3 is 14.3 Å². The normalized spacial score (nSPS) is 19.4. The molecule has 6 heteroatoms. The number of aromatic nitrogens is 3. The summed E-state index contributed by atoms with van der Waals surface area (Å²) in [5, 5.41) is 3.18. The third-order valence-electron chi connectivity index (χ3n) is 4.86. The van der Waals surface area contributed by atoms with Crippen molar-refractivity contribution in [2.75, 3.05) is 0 Å². The van der Waals surface area contributed by atoms with Crippen LogP contribution in [0.1, 0.15) is 52.8 Å². The number of oxazole rings is 1. The van der Waals surface area contributed by atoms with E-state index >= 15 is 0 Å². The molecule has 0 bridgehead atoms. The molecule has 128 valence electrons. The second kappa shape index (κ2) is 6.55. The summed E-state index contributed by atoms with van der Waals surface area (Å²) in [6, 6.07) is 8.27. The summed E-state index contributed by atoms with van der Waals surface area (Å²) in [5.74, 6) is 0.415. The van der Waals surface area contributed by atoms with E-state index in [2.05, 4.69) is 32.0 Å². The van der Waals surface area contributed by atoms with Crippen LogP contribution in [0.2, 0.25) is 0 Å². The Kier molecular flexibility index (Phi) is 4.09. The number of rotatable bonds is 4. The average molecular weight is 336 g/mol. The first-order valence-corrected chi connectivity index (χ1v) is 8.56. The number of imidazole rings is 1. The van der Waals surface area contributed by atoms with Gasteiger partial charge in [-0.3, -0.25) is 4.79 Å². The lowest BCUT2D eigenvalue weighted by atomic mass is 9.83. The summed E-state index contributed by atoms with van der Waals surface area (Å²) < 4.78 is 7.38. The highest BCUT2D eigenvalue weighted by Gasteiger charge is 2.32. The Hall–Kier alpha value is -2.89. The zero-order valence-electron chi connectivity index (χ0n) is 14.1. The van der Waals surface area contributed by atoms with Crippen molar-refractivity contribution in [3.8, 4) is 0 Å². The summed E-state index contributed by atoms with van der Waals surface area (Å²) in [6.45, 7) is 1.95. The van der Waals surface area contributed by atoms with Crippen molar-refractivity contribution in [1.29, 1.82) is 0 Å². The lowest BCUT2D eigenvalue weighted by Crippen LogP contribution is -2.37. The Bertz CT molecular complexity index is 869. The van der Waals surface area contributed by atoms with E-state index in [0.29, 0.717) is 17.9 Å². The van der Waals surface area contributed by atoms with Gasteiger partial charge in [-0.1, -0.05) is 31.2 Å². The fraction of sp³-hybridized carbons (Fsp3) is 0.316. The summed E-state index contributed by atoms with van der Waals surface area (Å²) in [4.78, 5) is 21.1. The topological polar surface area (TPSA) is 73.0 Å². The second-order valence-corrected chi connectivity index (χ2v) is 6.24. The molecule has 1 aliphatic carbocycles. The van der Waals surface area contributed by atoms with Crippen molar-refractivity contribution in [3.63, 3.8) is 0 Å². The van der Waals surface area contributed by atoms with Crippen LogP contribution in [0.5, 0.6) is 0 Å². The molecule has 2 atom stereocenters. The molecule has 1 amide bonds. The number of carbonyl (C=O) groups excluding carboxylic acids is 1. The molecule has 6 nitrogen and oxygen atoms in total. The molecule has 1 aliphatic rings. The molecule has 0 spiro atoms. The maximum Gasteiger partial charge on any atom is 0.274 e. The van der Waals surface area contributed by atoms with Crippen LogP contribution in [0.4, 0.5) is 0 Å². The number of benzene rings is 1. The van der Waals surface area contributed by atoms with Crippen LogP contribution < -0.4 is 5.32 Å². The fourth-order valence-corrected chi connectivity index (χ4v) is 3.62. The van der Waals surface area contributed by atoms with Gasteiger partial charge in [-0.05, 0) is 24.0 Å². The van der Waals surface area contributed by atoms with Crippen LogP contribution in [-0.4, -0.2) is 20.4 Å². The van der Waals surface area contributed by atoms with Gasteiger partial charge in [0.05, 0.1) is 18.4 Å². The van der Waals surface area contributed by atoms with Gasteiger partial charge in [-0.15, -0.1) is 0 Å². The van der Waals surface area contributed by atoms with E-state index in [4.69, 9.17) is 4.42 Å². The molecule has 0 fully saturated rings. The molecule has 0 unspecified atom stereocenters. The van der Waals surface area contributed by atoms with Crippen LogP contribution in [-0.2, 0) is 12.8 Å². The van der Waals surface area contributed by atoms with Crippen LogP contribution in [0, 0.1) is 0 Å². The zero-order valence-corrected chi connectivity index (χ0v) is 14.1. The molecule has 4 rings (SSSR count). The molecule has 0 radical (unpaired) electrons. The Morgan fingerprint density at radius 1 is 1.40 bits per heavy atom. The van der Waals surface area contributed by atoms with Crippen molar-refractivity contribution in [2.24, 2.45) is 0 Å². The smallest absolute Gasteiger partial charge is 0.274 e. The summed E-state index contributed by atoms with van der Waals surface area (Å²) in [5.41, 5.74) is 2.80. The minimum absolute atomic E-state index is 0.123. The SMILES string of the molecule is CCc1ocnc1C(=O)N[C@H]1c2ccccc2CC[C@H]1n1ccnc1. The van der Waals surface area contributed by atoms with Crippen molar-refractivity contribution in [3.05, 3.63) is 72.0 Å². The standard InChI is InChI=1S/C19H20N4O2/c1-2-16-18(21-12-25-16)19(24)22-17-14-6-4-3-5-13(14)7-8-15(17)23-10-9-20-11-23/h3-6,9-12,15,17H,2,7-8H2,1H3,(H,22,24)/t15-,17+/m1/s1. The third-order valence-corrected chi connectivity index (χ3v) is 4.86. The molecular formula is C19H20N4O2. The highest BCUT2D eigenvalue weighted by Crippen LogP contribution is 2.37. The van der Waals surface area contributed by atoms with Crippen LogP contribution >= 0.6 is 0 Å². The largest absolute Gasteiger partial charge is 0.448 e. The summed E-state index contributed by atoms with van der Waals surface area (Å²) in [7, 11) is 0. The molecule has 2 heterocycles. The van der Waals surface area contributed by atoms with Crippen LogP contribution in [0.15, 0.2) is 53.8 Å². The Labute approximate surface area is 145 Å². The molecule has 0 aliphatic heterocycles. The Morgan fingerprint density at radius 3 is 3.08 bits per heavy atom. The predicted molar refractivity (Wildman–Crippen MR) is 92.1 cm³/mol. The Balaban J connectivity index is 1.69. The fourth-order valence-electron chi connectivity index (χ4n) is 3.62. The van der Waals surface area contributed by atoms with E-state index in [0.717, 1.165) is 18.4 Å². The van der Waals surface area contributed by atoms with Gasteiger partial charge >= 0.3 is 0 Å². The van der Waals surface area contributed by atoms with Gasteiger partial charge in [0, 0.05) is 18.8 Å². The maximum absolute atomic E-state index is 12.8. The van der Waals surface area contributed by atoms with E-state index in [1.807, 2.05) is 31.6 Å². The molecule has 0 saturated carbocycles. The van der Waals surface area contributed by atoms with Gasteiger partial charge in [0.1, 0.15) is 5.76 Å². The number of fused-ring (bicyclic) bond motifs is 1. The van der Waals surface area contributed by atoms with E-state index in [1.54, 1.807) is 6.20 Å². The average Bonchev–Trinajstić information content (AvgIpc) is 3.33. The van der Waals surface area contributed by atoms with Gasteiger partial charge in [-0.25, -0.2) is 9.97 Å². The number of hydrogen-bond acceptors (Lipinski definition) is 4. The highest BCUT2D eigenvalue weighted by atomic mass is 16.3. The number of carbonyl (C=O) groups is 1. The zero-order chi connectivity index (χ0) is 17.2. The minimum atomic E-state index is -0.197. The van der Waals surface area contributed by atoms with E-state index in [1.165, 1.54) is 12.0 Å². The summed E-state index contributed by atoms with van der Waals surface area (Å²) >= 11 is 0. The number of hydrogen-bond donors (Lipinski definition) is 1. The number of amides is 1. The number of nitrogens with one attached hydrogen (secondary N) is 1. The van der Waals surface area contributed by atoms with Gasteiger partial charge in [0.25, 0.3) is 5.91 Å². The molecule has 1 N–H and O–H groups in total. The van der Waals surface area contributed by atoms with E-state index < -0.39 is 0 Å². The molecule has 2 aromatic heterocycles. The molecule has 25 heavy (non-hydrogen) atoms. The van der Waals surface area contributed by atoms with Crippen LogP contribution in [0.3, 0.4) is 0 Å². The Morgan fingerprint density at radius 2 is 2.28 bits per heavy atom. The molecule has 0 saturated heterocycles. The highest BCUT2D eigenvalue weighted by molar-refractivity contribution is 5.93. The molecule has 1 aromatic carbocycles. The first-order chi connectivity index (χ1) is 12.3. The third kappa shape index (κ3) is 2.84. The van der Waals surface area contributed by atoms with Crippen molar-refractivity contribution < 1.29 is 9.21 Å². The molecular weight excluding hydrogens is 316 g/mol. The predicted octanol–water partition coefficient (Wildman–Crippen LogP) is 3.09. The molecule has 3 aromatic rings. The second-order valence-electron chi connectivity index (χ2n) is 6.24. The minimum Gasteiger partial charge on any atom is -0.448 e. The quantitative estimate of drug-likeness (QED) is 0.794. The first-order valence-electron chi connectivity index (χ1n) is 8.56. The first kappa shape index (κ1) is 15.6. The maximum atomic E-state index is 12.8. The van der Waals surface area contributed by atoms with Gasteiger partial charge in [0.2, 0.25) is 0 Å². The number of nitrogens with zero attached hydrogens (tertiary/aromatic N) is 3. The monoisotopic (exact) mass is 336 g/mol. The van der Waals surface area contributed by atoms with Gasteiger partial charge in [0.15, 0.2) is 12.1 Å². The van der Waals surface area contributed by atoms with Crippen LogP contribution in [0.25, 0.3) is 0 Å². The lowest BCUT2D eigenvalue weighted by Gasteiger charge is -2.34.